The summed E-state index contributed by atoms with van der Waals surface area (Å²) in [6, 6.07) is 13.0. The number of allylic oxidation sites excluding steroid dienone is 2. The maximum absolute atomic E-state index is 14.5. The summed E-state index contributed by atoms with van der Waals surface area (Å²) in [6.07, 6.45) is 13.2. The van der Waals surface area contributed by atoms with E-state index in [1.54, 1.807) is 6.07 Å². The van der Waals surface area contributed by atoms with Crippen LogP contribution in [0.5, 0.6) is 5.75 Å². The quantitative estimate of drug-likeness (QED) is 0.495. The summed E-state index contributed by atoms with van der Waals surface area (Å²) in [7, 11) is 1.52. The summed E-state index contributed by atoms with van der Waals surface area (Å²) in [6.45, 7) is 2.29. The summed E-state index contributed by atoms with van der Waals surface area (Å²) >= 11 is 0. The molecule has 0 atom stereocenters. The SMILES string of the molecule is CCCCC1CCC(c2ccc(C3=CCc4c(ccc(OC)c4F)C3)cc2)CC1. The molecule has 0 N–H and O–H groups in total. The molecule has 29 heavy (non-hydrogen) atoms. The van der Waals surface area contributed by atoms with Gasteiger partial charge in [-0.2, -0.15) is 0 Å². The van der Waals surface area contributed by atoms with E-state index in [0.29, 0.717) is 12.2 Å². The van der Waals surface area contributed by atoms with E-state index in [2.05, 4.69) is 37.3 Å². The second-order valence-corrected chi connectivity index (χ2v) is 8.81. The maximum atomic E-state index is 14.5. The minimum absolute atomic E-state index is 0.204. The summed E-state index contributed by atoms with van der Waals surface area (Å²) in [4.78, 5) is 0. The zero-order chi connectivity index (χ0) is 20.2. The third-order valence-electron chi connectivity index (χ3n) is 7.02. The van der Waals surface area contributed by atoms with Crippen molar-refractivity contribution in [1.82, 2.24) is 0 Å². The van der Waals surface area contributed by atoms with Crippen LogP contribution in [0.1, 0.15) is 80.0 Å². The first-order valence-electron chi connectivity index (χ1n) is 11.3. The highest BCUT2D eigenvalue weighted by Crippen LogP contribution is 2.38. The smallest absolute Gasteiger partial charge is 0.168 e. The molecule has 2 aliphatic carbocycles. The average molecular weight is 393 g/mol. The molecule has 0 aliphatic heterocycles. The summed E-state index contributed by atoms with van der Waals surface area (Å²) in [5.74, 6) is 1.82. The average Bonchev–Trinajstić information content (AvgIpc) is 2.78. The van der Waals surface area contributed by atoms with Crippen molar-refractivity contribution in [3.63, 3.8) is 0 Å². The lowest BCUT2D eigenvalue weighted by Crippen LogP contribution is -2.13. The number of methoxy groups -OCH3 is 1. The topological polar surface area (TPSA) is 9.23 Å². The van der Waals surface area contributed by atoms with E-state index in [1.165, 1.54) is 68.8 Å². The second-order valence-electron chi connectivity index (χ2n) is 8.81. The Morgan fingerprint density at radius 2 is 1.76 bits per heavy atom. The lowest BCUT2D eigenvalue weighted by atomic mass is 9.77. The van der Waals surface area contributed by atoms with Gasteiger partial charge in [-0.05, 0) is 84.3 Å². The van der Waals surface area contributed by atoms with Crippen molar-refractivity contribution in [2.24, 2.45) is 5.92 Å². The van der Waals surface area contributed by atoms with Gasteiger partial charge in [0.1, 0.15) is 0 Å². The minimum atomic E-state index is -0.204. The third kappa shape index (κ3) is 4.42. The molecule has 0 amide bonds. The van der Waals surface area contributed by atoms with Crippen molar-refractivity contribution in [3.05, 3.63) is 70.5 Å². The Balaban J connectivity index is 1.41. The molecule has 0 bridgehead atoms. The van der Waals surface area contributed by atoms with E-state index in [4.69, 9.17) is 4.74 Å². The first-order chi connectivity index (χ1) is 14.2. The molecule has 0 saturated heterocycles. The molecule has 1 fully saturated rings. The van der Waals surface area contributed by atoms with Crippen molar-refractivity contribution in [2.45, 2.75) is 70.6 Å². The largest absolute Gasteiger partial charge is 0.494 e. The van der Waals surface area contributed by atoms with Gasteiger partial charge in [-0.1, -0.05) is 62.6 Å². The standard InChI is InChI=1S/C27H33FO/c1-3-4-5-19-6-8-20(9-7-19)21-10-12-22(13-11-21)23-14-16-25-24(18-23)15-17-26(29-2)27(25)28/h10-15,17,19-20H,3-9,16,18H2,1-2H3. The molecule has 0 radical (unpaired) electrons. The number of hydrogen-bond acceptors (Lipinski definition) is 1. The van der Waals surface area contributed by atoms with Gasteiger partial charge in [0.05, 0.1) is 7.11 Å². The molecule has 0 spiro atoms. The molecule has 2 aromatic rings. The van der Waals surface area contributed by atoms with E-state index < -0.39 is 0 Å². The van der Waals surface area contributed by atoms with Crippen LogP contribution in [-0.4, -0.2) is 7.11 Å². The van der Waals surface area contributed by atoms with Gasteiger partial charge < -0.3 is 4.74 Å². The van der Waals surface area contributed by atoms with E-state index in [0.717, 1.165) is 29.4 Å². The van der Waals surface area contributed by atoms with Crippen molar-refractivity contribution >= 4 is 5.57 Å². The van der Waals surface area contributed by atoms with Crippen LogP contribution in [0.15, 0.2) is 42.5 Å². The first-order valence-corrected chi connectivity index (χ1v) is 11.3. The molecule has 1 saturated carbocycles. The Morgan fingerprint density at radius 1 is 1.00 bits per heavy atom. The van der Waals surface area contributed by atoms with Gasteiger partial charge in [-0.3, -0.25) is 0 Å². The first kappa shape index (κ1) is 20.2. The Morgan fingerprint density at radius 3 is 2.45 bits per heavy atom. The predicted octanol–water partition coefficient (Wildman–Crippen LogP) is 7.48. The number of hydrogen-bond donors (Lipinski definition) is 0. The summed E-state index contributed by atoms with van der Waals surface area (Å²) < 4.78 is 19.6. The molecule has 2 heteroatoms. The van der Waals surface area contributed by atoms with Gasteiger partial charge in [0, 0.05) is 0 Å². The monoisotopic (exact) mass is 392 g/mol. The maximum Gasteiger partial charge on any atom is 0.168 e. The summed E-state index contributed by atoms with van der Waals surface area (Å²) in [5.41, 5.74) is 5.93. The number of benzene rings is 2. The van der Waals surface area contributed by atoms with E-state index in [9.17, 15) is 4.39 Å². The van der Waals surface area contributed by atoms with Crippen molar-refractivity contribution in [2.75, 3.05) is 7.11 Å². The van der Waals surface area contributed by atoms with Crippen LogP contribution in [0.3, 0.4) is 0 Å². The third-order valence-corrected chi connectivity index (χ3v) is 7.02. The van der Waals surface area contributed by atoms with Gasteiger partial charge in [0.15, 0.2) is 11.6 Å². The fourth-order valence-corrected chi connectivity index (χ4v) is 5.15. The van der Waals surface area contributed by atoms with Crippen molar-refractivity contribution in [1.29, 1.82) is 0 Å². The molecule has 1 nitrogen and oxygen atoms in total. The molecular weight excluding hydrogens is 359 g/mol. The molecule has 154 valence electrons. The number of unbranched alkanes of at least 4 members (excludes halogenated alkanes) is 1. The lowest BCUT2D eigenvalue weighted by Gasteiger charge is -2.29. The normalized spacial score (nSPS) is 21.4. The zero-order valence-electron chi connectivity index (χ0n) is 17.8. The number of fused-ring (bicyclic) bond motifs is 1. The fourth-order valence-electron chi connectivity index (χ4n) is 5.15. The molecule has 4 rings (SSSR count). The minimum Gasteiger partial charge on any atom is -0.494 e. The molecule has 2 aliphatic rings. The number of ether oxygens (including phenoxy) is 1. The van der Waals surface area contributed by atoms with Crippen LogP contribution in [0.25, 0.3) is 5.57 Å². The molecular formula is C27H33FO. The Bertz CT molecular complexity index is 857. The number of rotatable bonds is 6. The highest BCUT2D eigenvalue weighted by atomic mass is 19.1. The predicted molar refractivity (Wildman–Crippen MR) is 119 cm³/mol. The number of halogens is 1. The van der Waals surface area contributed by atoms with Crippen LogP contribution >= 0.6 is 0 Å². The van der Waals surface area contributed by atoms with Crippen molar-refractivity contribution in [3.8, 4) is 5.75 Å². The van der Waals surface area contributed by atoms with Crippen LogP contribution in [0.2, 0.25) is 0 Å². The Hall–Kier alpha value is -2.09. The highest BCUT2D eigenvalue weighted by molar-refractivity contribution is 5.71. The van der Waals surface area contributed by atoms with Crippen LogP contribution in [0, 0.1) is 11.7 Å². The van der Waals surface area contributed by atoms with Gasteiger partial charge in [-0.15, -0.1) is 0 Å². The zero-order valence-corrected chi connectivity index (χ0v) is 17.8. The van der Waals surface area contributed by atoms with Crippen LogP contribution in [-0.2, 0) is 12.8 Å². The van der Waals surface area contributed by atoms with Crippen molar-refractivity contribution < 1.29 is 9.13 Å². The van der Waals surface area contributed by atoms with Gasteiger partial charge >= 0.3 is 0 Å². The molecule has 0 unspecified atom stereocenters. The molecule has 0 heterocycles. The van der Waals surface area contributed by atoms with Crippen LogP contribution in [0.4, 0.5) is 4.39 Å². The summed E-state index contributed by atoms with van der Waals surface area (Å²) in [5, 5.41) is 0. The van der Waals surface area contributed by atoms with Gasteiger partial charge in [-0.25, -0.2) is 4.39 Å². The van der Waals surface area contributed by atoms with E-state index in [-0.39, 0.29) is 5.82 Å². The van der Waals surface area contributed by atoms with E-state index in [1.807, 2.05) is 6.07 Å². The van der Waals surface area contributed by atoms with E-state index >= 15 is 0 Å². The Kier molecular flexibility index (Phi) is 6.37. The Labute approximate surface area is 175 Å². The van der Waals surface area contributed by atoms with Gasteiger partial charge in [0.25, 0.3) is 0 Å². The lowest BCUT2D eigenvalue weighted by molar-refractivity contribution is 0.304. The molecule has 0 aromatic heterocycles. The fraction of sp³-hybridized carbons (Fsp3) is 0.481. The highest BCUT2D eigenvalue weighted by Gasteiger charge is 2.23. The van der Waals surface area contributed by atoms with Gasteiger partial charge in [0.2, 0.25) is 0 Å². The molecule has 2 aromatic carbocycles. The van der Waals surface area contributed by atoms with Crippen LogP contribution < -0.4 is 4.74 Å². The second kappa shape index (κ2) is 9.15.